The normalized spacial score (nSPS) is 11.0. The largest absolute Gasteiger partial charge is 0.453 e. The van der Waals surface area contributed by atoms with Gasteiger partial charge in [0.1, 0.15) is 17.0 Å². The molecule has 0 bridgehead atoms. The number of aliphatic hydroxyl groups excluding tert-OH is 1. The third kappa shape index (κ3) is 4.97. The Bertz CT molecular complexity index is 1680. The van der Waals surface area contributed by atoms with E-state index in [0.717, 1.165) is 10.7 Å². The molecule has 5 rings (SSSR count). The van der Waals surface area contributed by atoms with Gasteiger partial charge < -0.3 is 15.2 Å². The van der Waals surface area contributed by atoms with Gasteiger partial charge >= 0.3 is 0 Å². The highest BCUT2D eigenvalue weighted by atomic mass is 19.1. The van der Waals surface area contributed by atoms with E-state index in [4.69, 9.17) is 9.84 Å². The molecule has 0 spiro atoms. The number of H-pyrrole nitrogens is 1. The number of benzene rings is 2. The van der Waals surface area contributed by atoms with Crippen LogP contribution < -0.4 is 15.6 Å². The lowest BCUT2D eigenvalue weighted by Crippen LogP contribution is -2.27. The fourth-order valence-corrected chi connectivity index (χ4v) is 3.84. The summed E-state index contributed by atoms with van der Waals surface area (Å²) in [6.45, 7) is 0.136. The molecule has 0 unspecified atom stereocenters. The maximum atomic E-state index is 15.0. The van der Waals surface area contributed by atoms with Crippen LogP contribution in [0.3, 0.4) is 0 Å². The maximum Gasteiger partial charge on any atom is 0.282 e. The van der Waals surface area contributed by atoms with Crippen LogP contribution in [0.15, 0.2) is 71.8 Å². The van der Waals surface area contributed by atoms with E-state index >= 15 is 0 Å². The van der Waals surface area contributed by atoms with Crippen molar-refractivity contribution in [1.29, 1.82) is 0 Å². The molecule has 0 saturated heterocycles. The van der Waals surface area contributed by atoms with E-state index < -0.39 is 23.0 Å². The number of anilines is 1. The number of aromatic nitrogens is 5. The van der Waals surface area contributed by atoms with E-state index in [2.05, 4.69) is 25.6 Å². The van der Waals surface area contributed by atoms with E-state index in [-0.39, 0.29) is 36.6 Å². The Labute approximate surface area is 213 Å². The van der Waals surface area contributed by atoms with Crippen molar-refractivity contribution in [2.45, 2.75) is 6.42 Å². The number of halogens is 2. The number of hydrogen-bond acceptors (Lipinski definition) is 8. The maximum absolute atomic E-state index is 15.0. The van der Waals surface area contributed by atoms with E-state index in [1.54, 1.807) is 6.07 Å². The zero-order valence-corrected chi connectivity index (χ0v) is 19.7. The minimum atomic E-state index is -0.716. The number of Topliss-reactive ketones (excluding diaryl/α,β-unsaturated/α-hetero) is 1. The van der Waals surface area contributed by atoms with Gasteiger partial charge in [-0.15, -0.1) is 0 Å². The van der Waals surface area contributed by atoms with Gasteiger partial charge in [-0.2, -0.15) is 14.9 Å². The summed E-state index contributed by atoms with van der Waals surface area (Å²) >= 11 is 0. The van der Waals surface area contributed by atoms with Crippen LogP contribution in [0.4, 0.5) is 14.6 Å². The zero-order valence-electron chi connectivity index (χ0n) is 19.7. The molecule has 0 radical (unpaired) electrons. The lowest BCUT2D eigenvalue weighted by Gasteiger charge is -2.10. The number of pyridine rings is 1. The second-order valence-corrected chi connectivity index (χ2v) is 8.16. The third-order valence-electron chi connectivity index (χ3n) is 5.63. The second kappa shape index (κ2) is 10.6. The number of ether oxygens (including phenoxy) is 1. The monoisotopic (exact) mass is 518 g/mol. The Balaban J connectivity index is 1.36. The third-order valence-corrected chi connectivity index (χ3v) is 5.63. The fraction of sp³-hybridized carbons (Fsp3) is 0.115. The van der Waals surface area contributed by atoms with Gasteiger partial charge in [-0.05, 0) is 48.0 Å². The molecule has 3 heterocycles. The first-order valence-corrected chi connectivity index (χ1v) is 11.5. The number of nitrogens with one attached hydrogen (secondary N) is 2. The Morgan fingerprint density at radius 1 is 1.05 bits per heavy atom. The van der Waals surface area contributed by atoms with Gasteiger partial charge in [0, 0.05) is 31.4 Å². The molecule has 0 amide bonds. The van der Waals surface area contributed by atoms with Crippen molar-refractivity contribution in [3.05, 3.63) is 100 Å². The topological polar surface area (TPSA) is 135 Å². The number of ketones is 1. The van der Waals surface area contributed by atoms with Crippen LogP contribution in [0.2, 0.25) is 0 Å². The molecule has 12 heteroatoms. The van der Waals surface area contributed by atoms with E-state index in [1.807, 2.05) is 0 Å². The first kappa shape index (κ1) is 24.7. The Kier molecular flexibility index (Phi) is 6.87. The molecule has 0 aliphatic heterocycles. The van der Waals surface area contributed by atoms with E-state index in [1.165, 1.54) is 54.9 Å². The number of carbonyl (C=O) groups is 1. The lowest BCUT2D eigenvalue weighted by molar-refractivity contribution is 0.0991. The summed E-state index contributed by atoms with van der Waals surface area (Å²) in [4.78, 5) is 29.9. The van der Waals surface area contributed by atoms with Gasteiger partial charge in [-0.3, -0.25) is 14.7 Å². The van der Waals surface area contributed by atoms with Crippen LogP contribution in [0, 0.1) is 11.6 Å². The van der Waals surface area contributed by atoms with Crippen LogP contribution >= 0.6 is 0 Å². The van der Waals surface area contributed by atoms with Crippen molar-refractivity contribution in [3.8, 4) is 17.2 Å². The van der Waals surface area contributed by atoms with Gasteiger partial charge in [-0.25, -0.2) is 13.8 Å². The summed E-state index contributed by atoms with van der Waals surface area (Å²) in [5, 5.41) is 23.3. The van der Waals surface area contributed by atoms with Crippen molar-refractivity contribution in [3.63, 3.8) is 0 Å². The average molecular weight is 518 g/mol. The van der Waals surface area contributed by atoms with Crippen LogP contribution in [0.1, 0.15) is 15.9 Å². The molecule has 0 aliphatic carbocycles. The molecule has 3 aromatic heterocycles. The summed E-state index contributed by atoms with van der Waals surface area (Å²) in [7, 11) is 0. The molecule has 192 valence electrons. The van der Waals surface area contributed by atoms with Crippen LogP contribution in [0.25, 0.3) is 16.7 Å². The number of aliphatic hydroxyl groups is 1. The van der Waals surface area contributed by atoms with Crippen LogP contribution in [-0.2, 0) is 6.42 Å². The van der Waals surface area contributed by atoms with E-state index in [0.29, 0.717) is 28.1 Å². The Hall–Kier alpha value is -4.97. The van der Waals surface area contributed by atoms with Gasteiger partial charge in [0.2, 0.25) is 0 Å². The summed E-state index contributed by atoms with van der Waals surface area (Å²) in [5.41, 5.74) is 0.243. The molecule has 0 saturated carbocycles. The van der Waals surface area contributed by atoms with Crippen molar-refractivity contribution in [2.24, 2.45) is 0 Å². The van der Waals surface area contributed by atoms with Gasteiger partial charge in [0.05, 0.1) is 17.9 Å². The lowest BCUT2D eigenvalue weighted by atomic mass is 10.0. The predicted octanol–water partition coefficient (Wildman–Crippen LogP) is 3.40. The van der Waals surface area contributed by atoms with Crippen LogP contribution in [-0.4, -0.2) is 49.0 Å². The number of nitrogens with zero attached hydrogens (tertiary/aromatic N) is 4. The highest BCUT2D eigenvalue weighted by Gasteiger charge is 2.18. The zero-order chi connectivity index (χ0) is 26.6. The van der Waals surface area contributed by atoms with Crippen molar-refractivity contribution >= 4 is 22.6 Å². The van der Waals surface area contributed by atoms with Crippen molar-refractivity contribution < 1.29 is 23.4 Å². The molecular formula is C26H20F2N6O4. The highest BCUT2D eigenvalue weighted by molar-refractivity contribution is 5.97. The molecule has 10 nitrogen and oxygen atoms in total. The first-order chi connectivity index (χ1) is 18.4. The smallest absolute Gasteiger partial charge is 0.282 e. The first-order valence-electron chi connectivity index (χ1n) is 11.5. The van der Waals surface area contributed by atoms with Crippen LogP contribution in [0.5, 0.6) is 11.5 Å². The molecular weight excluding hydrogens is 498 g/mol. The molecule has 5 aromatic rings. The quantitative estimate of drug-likeness (QED) is 0.253. The van der Waals surface area contributed by atoms with Crippen molar-refractivity contribution in [2.75, 3.05) is 18.5 Å². The molecule has 0 atom stereocenters. The number of fused-ring (bicyclic) bond motifs is 1. The SMILES string of the molecule is O=C(Cc1ccc(Oc2ccnc3[nH]nc(NCCO)c23)c(F)c1)c1ccnn(-c2ccc(F)cc2)c1=O. The molecule has 38 heavy (non-hydrogen) atoms. The van der Waals surface area contributed by atoms with Gasteiger partial charge in [-0.1, -0.05) is 6.07 Å². The summed E-state index contributed by atoms with van der Waals surface area (Å²) in [5.74, 6) is -1.14. The second-order valence-electron chi connectivity index (χ2n) is 8.16. The van der Waals surface area contributed by atoms with E-state index in [9.17, 15) is 18.4 Å². The standard InChI is InChI=1S/C26H20F2N6O4/c27-16-2-4-17(5-3-16)34-26(37)18(7-10-31-34)20(36)14-15-1-6-21(19(28)13-15)38-22-8-9-29-24-23(22)25(33-32-24)30-11-12-35/h1-10,13,35H,11-12,14H2,(H2,29,30,32,33). The minimum absolute atomic E-state index is 0.0921. The number of hydrogen-bond donors (Lipinski definition) is 3. The number of rotatable bonds is 9. The molecule has 2 aromatic carbocycles. The highest BCUT2D eigenvalue weighted by Crippen LogP contribution is 2.34. The van der Waals surface area contributed by atoms with Gasteiger partial charge in [0.25, 0.3) is 5.56 Å². The average Bonchev–Trinajstić information content (AvgIpc) is 3.33. The Morgan fingerprint density at radius 2 is 1.87 bits per heavy atom. The molecule has 0 aliphatic rings. The molecule has 3 N–H and O–H groups in total. The predicted molar refractivity (Wildman–Crippen MR) is 134 cm³/mol. The minimum Gasteiger partial charge on any atom is -0.453 e. The summed E-state index contributed by atoms with van der Waals surface area (Å²) < 4.78 is 35.0. The number of aromatic amines is 1. The molecule has 0 fully saturated rings. The fourth-order valence-electron chi connectivity index (χ4n) is 3.84. The summed E-state index contributed by atoms with van der Waals surface area (Å²) in [6.07, 6.45) is 2.53. The van der Waals surface area contributed by atoms with Gasteiger partial charge in [0.15, 0.2) is 28.8 Å². The Morgan fingerprint density at radius 3 is 2.63 bits per heavy atom. The number of carbonyl (C=O) groups excluding carboxylic acids is 1. The van der Waals surface area contributed by atoms with Crippen molar-refractivity contribution in [1.82, 2.24) is 25.0 Å². The summed E-state index contributed by atoms with van der Waals surface area (Å²) in [6, 6.07) is 12.0.